The molecule has 0 aliphatic rings. The molecule has 2 aromatic carbocycles. The van der Waals surface area contributed by atoms with Crippen LogP contribution in [-0.2, 0) is 21.2 Å². The molecule has 26 heavy (non-hydrogen) atoms. The second-order valence-corrected chi connectivity index (χ2v) is 7.18. The number of nitrogens with two attached hydrogens (primary N) is 1. The van der Waals surface area contributed by atoms with E-state index in [4.69, 9.17) is 5.14 Å². The molecule has 0 saturated carbocycles. The minimum absolute atomic E-state index is 0.0584. The van der Waals surface area contributed by atoms with E-state index in [1.165, 1.54) is 18.2 Å². The van der Waals surface area contributed by atoms with Crippen LogP contribution in [0.1, 0.15) is 12.0 Å². The number of sulfonamides is 1. The van der Waals surface area contributed by atoms with Gasteiger partial charge in [0.25, 0.3) is 0 Å². The Balaban J connectivity index is 1.68. The van der Waals surface area contributed by atoms with Crippen molar-refractivity contribution in [2.45, 2.75) is 17.7 Å². The number of primary sulfonamides is 1. The van der Waals surface area contributed by atoms with Crippen LogP contribution in [0, 0.1) is 11.6 Å². The van der Waals surface area contributed by atoms with Gasteiger partial charge in [-0.15, -0.1) is 0 Å². The number of rotatable bonds is 8. The van der Waals surface area contributed by atoms with Gasteiger partial charge in [-0.05, 0) is 42.8 Å². The van der Waals surface area contributed by atoms with Crippen LogP contribution in [0.5, 0.6) is 0 Å². The van der Waals surface area contributed by atoms with Gasteiger partial charge in [0.1, 0.15) is 0 Å². The van der Waals surface area contributed by atoms with E-state index in [1.54, 1.807) is 12.1 Å². The number of nitrogens with one attached hydrogen (secondary N) is 2. The molecule has 4 N–H and O–H groups in total. The highest BCUT2D eigenvalue weighted by Gasteiger charge is 2.07. The third kappa shape index (κ3) is 6.17. The molecule has 0 fully saturated rings. The van der Waals surface area contributed by atoms with E-state index >= 15 is 0 Å². The Labute approximate surface area is 150 Å². The molecule has 0 aliphatic carbocycles. The molecule has 0 atom stereocenters. The van der Waals surface area contributed by atoms with Gasteiger partial charge in [0.05, 0.1) is 4.90 Å². The van der Waals surface area contributed by atoms with E-state index in [2.05, 4.69) is 10.6 Å². The van der Waals surface area contributed by atoms with Crippen molar-refractivity contribution in [1.82, 2.24) is 5.32 Å². The topological polar surface area (TPSA) is 101 Å². The van der Waals surface area contributed by atoms with Crippen molar-refractivity contribution in [2.24, 2.45) is 5.14 Å². The molecule has 1 amide bonds. The number of amides is 1. The largest absolute Gasteiger partial charge is 0.326 e. The Morgan fingerprint density at radius 2 is 1.69 bits per heavy atom. The minimum Gasteiger partial charge on any atom is -0.326 e. The summed E-state index contributed by atoms with van der Waals surface area (Å²) in [5, 5.41) is 10.6. The first-order chi connectivity index (χ1) is 12.3. The lowest BCUT2D eigenvalue weighted by Crippen LogP contribution is -2.23. The molecule has 2 rings (SSSR count). The highest BCUT2D eigenvalue weighted by atomic mass is 32.2. The van der Waals surface area contributed by atoms with E-state index in [-0.39, 0.29) is 22.9 Å². The maximum atomic E-state index is 13.1. The van der Waals surface area contributed by atoms with Crippen LogP contribution in [0.25, 0.3) is 0 Å². The molecular formula is C17H19F2N3O3S. The van der Waals surface area contributed by atoms with Gasteiger partial charge < -0.3 is 10.6 Å². The van der Waals surface area contributed by atoms with Gasteiger partial charge in [0, 0.05) is 24.7 Å². The van der Waals surface area contributed by atoms with E-state index in [0.29, 0.717) is 19.5 Å². The highest BCUT2D eigenvalue weighted by molar-refractivity contribution is 7.89. The van der Waals surface area contributed by atoms with Gasteiger partial charge in [-0.25, -0.2) is 22.3 Å². The van der Waals surface area contributed by atoms with Gasteiger partial charge in [-0.1, -0.05) is 12.1 Å². The molecule has 0 bridgehead atoms. The number of hydrogen-bond donors (Lipinski definition) is 3. The predicted molar refractivity (Wildman–Crippen MR) is 94.0 cm³/mol. The second kappa shape index (κ2) is 8.84. The van der Waals surface area contributed by atoms with Crippen LogP contribution < -0.4 is 15.8 Å². The van der Waals surface area contributed by atoms with Crippen molar-refractivity contribution in [3.63, 3.8) is 0 Å². The fraction of sp³-hybridized carbons (Fsp3) is 0.235. The quantitative estimate of drug-likeness (QED) is 0.605. The summed E-state index contributed by atoms with van der Waals surface area (Å²) in [4.78, 5) is 11.8. The van der Waals surface area contributed by atoms with Gasteiger partial charge in [0.15, 0.2) is 11.6 Å². The number of hydrogen-bond acceptors (Lipinski definition) is 4. The van der Waals surface area contributed by atoms with Crippen LogP contribution in [0.2, 0.25) is 0 Å². The maximum Gasteiger partial charge on any atom is 0.238 e. The lowest BCUT2D eigenvalue weighted by Gasteiger charge is -2.07. The lowest BCUT2D eigenvalue weighted by molar-refractivity contribution is -0.116. The predicted octanol–water partition coefficient (Wildman–Crippen LogP) is 1.77. The zero-order valence-electron chi connectivity index (χ0n) is 13.8. The number of benzene rings is 2. The Kier molecular flexibility index (Phi) is 6.78. The van der Waals surface area contributed by atoms with Crippen molar-refractivity contribution < 1.29 is 22.0 Å². The van der Waals surface area contributed by atoms with Crippen molar-refractivity contribution in [3.8, 4) is 0 Å². The van der Waals surface area contributed by atoms with Crippen molar-refractivity contribution in [3.05, 3.63) is 59.7 Å². The summed E-state index contributed by atoms with van der Waals surface area (Å²) in [6.45, 7) is 0.998. The Bertz CT molecular complexity index is 871. The zero-order valence-corrected chi connectivity index (χ0v) is 14.7. The number of halogens is 2. The molecule has 2 aromatic rings. The van der Waals surface area contributed by atoms with Gasteiger partial charge in [-0.2, -0.15) is 0 Å². The zero-order chi connectivity index (χ0) is 19.2. The molecule has 0 unspecified atom stereocenters. The van der Waals surface area contributed by atoms with E-state index in [9.17, 15) is 22.0 Å². The van der Waals surface area contributed by atoms with Crippen LogP contribution in [0.3, 0.4) is 0 Å². The van der Waals surface area contributed by atoms with Crippen LogP contribution in [0.15, 0.2) is 47.4 Å². The minimum atomic E-state index is -3.69. The van der Waals surface area contributed by atoms with E-state index < -0.39 is 21.7 Å². The molecule has 0 heterocycles. The van der Waals surface area contributed by atoms with Crippen LogP contribution in [0.4, 0.5) is 14.5 Å². The summed E-state index contributed by atoms with van der Waals surface area (Å²) >= 11 is 0. The Hall–Kier alpha value is -2.36. The van der Waals surface area contributed by atoms with Crippen molar-refractivity contribution in [1.29, 1.82) is 0 Å². The van der Waals surface area contributed by atoms with Crippen molar-refractivity contribution in [2.75, 3.05) is 18.4 Å². The summed E-state index contributed by atoms with van der Waals surface area (Å²) in [7, 11) is -3.69. The van der Waals surface area contributed by atoms with Gasteiger partial charge in [-0.3, -0.25) is 4.79 Å². The average Bonchev–Trinajstić information content (AvgIpc) is 2.57. The molecule has 0 saturated heterocycles. The molecule has 0 radical (unpaired) electrons. The maximum absolute atomic E-state index is 13.1. The summed E-state index contributed by atoms with van der Waals surface area (Å²) in [5.74, 6) is -2.31. The lowest BCUT2D eigenvalue weighted by atomic mass is 10.1. The standard InChI is InChI=1S/C17H19F2N3O3S/c18-15-6-3-13(11-16(15)19)22-17(23)8-10-21-9-7-12-1-4-14(5-2-12)26(20,24)25/h1-6,11,21H,7-10H2,(H,22,23)(H2,20,24,25). The molecule has 0 spiro atoms. The average molecular weight is 383 g/mol. The van der Waals surface area contributed by atoms with Crippen LogP contribution in [-0.4, -0.2) is 27.4 Å². The van der Waals surface area contributed by atoms with E-state index in [0.717, 1.165) is 17.7 Å². The SMILES string of the molecule is NS(=O)(=O)c1ccc(CCNCCC(=O)Nc2ccc(F)c(F)c2)cc1. The molecule has 6 nitrogen and oxygen atoms in total. The first-order valence-electron chi connectivity index (χ1n) is 7.83. The van der Waals surface area contributed by atoms with E-state index in [1.807, 2.05) is 0 Å². The second-order valence-electron chi connectivity index (χ2n) is 5.62. The molecular weight excluding hydrogens is 364 g/mol. The number of anilines is 1. The summed E-state index contributed by atoms with van der Waals surface area (Å²) in [6.07, 6.45) is 0.818. The summed E-state index contributed by atoms with van der Waals surface area (Å²) in [6, 6.07) is 9.40. The third-order valence-electron chi connectivity index (χ3n) is 3.57. The third-order valence-corrected chi connectivity index (χ3v) is 4.50. The monoisotopic (exact) mass is 383 g/mol. The molecule has 9 heteroatoms. The normalized spacial score (nSPS) is 11.3. The smallest absolute Gasteiger partial charge is 0.238 e. The van der Waals surface area contributed by atoms with Crippen LogP contribution >= 0.6 is 0 Å². The van der Waals surface area contributed by atoms with Gasteiger partial charge in [0.2, 0.25) is 15.9 Å². The highest BCUT2D eigenvalue weighted by Crippen LogP contribution is 2.13. The summed E-state index contributed by atoms with van der Waals surface area (Å²) in [5.41, 5.74) is 1.12. The first kappa shape index (κ1) is 20.0. The fourth-order valence-electron chi connectivity index (χ4n) is 2.20. The fourth-order valence-corrected chi connectivity index (χ4v) is 2.72. The molecule has 0 aliphatic heterocycles. The van der Waals surface area contributed by atoms with Crippen molar-refractivity contribution >= 4 is 21.6 Å². The molecule has 0 aromatic heterocycles. The summed E-state index contributed by atoms with van der Waals surface area (Å²) < 4.78 is 48.2. The number of carbonyl (C=O) groups excluding carboxylic acids is 1. The Morgan fingerprint density at radius 1 is 1.00 bits per heavy atom. The first-order valence-corrected chi connectivity index (χ1v) is 9.38. The van der Waals surface area contributed by atoms with Gasteiger partial charge >= 0.3 is 0 Å². The number of carbonyl (C=O) groups is 1. The Morgan fingerprint density at radius 3 is 2.31 bits per heavy atom. The molecule has 140 valence electrons.